The fraction of sp³-hybridized carbons (Fsp3) is 0.167. The fourth-order valence-corrected chi connectivity index (χ4v) is 1.70. The predicted molar refractivity (Wildman–Crippen MR) is 65.0 cm³/mol. The van der Waals surface area contributed by atoms with E-state index in [4.69, 9.17) is 5.84 Å². The van der Waals surface area contributed by atoms with E-state index in [0.29, 0.717) is 5.69 Å². The van der Waals surface area contributed by atoms with E-state index in [1.807, 2.05) is 5.43 Å². The number of nitrogens with two attached hydrogens (primary N) is 1. The molecule has 0 spiro atoms. The van der Waals surface area contributed by atoms with Crippen molar-refractivity contribution in [3.05, 3.63) is 47.5 Å². The number of halogens is 3. The van der Waals surface area contributed by atoms with Crippen LogP contribution in [0, 0.1) is 6.92 Å². The van der Waals surface area contributed by atoms with Crippen molar-refractivity contribution in [1.29, 1.82) is 0 Å². The molecule has 3 N–H and O–H groups in total. The first-order valence-corrected chi connectivity index (χ1v) is 5.55. The van der Waals surface area contributed by atoms with Gasteiger partial charge in [-0.2, -0.15) is 13.2 Å². The molecular weight excluding hydrogens is 273 g/mol. The number of rotatable bonds is 2. The van der Waals surface area contributed by atoms with Crippen LogP contribution >= 0.6 is 0 Å². The third-order valence-corrected chi connectivity index (χ3v) is 2.65. The topological polar surface area (TPSA) is 72.9 Å². The molecule has 106 valence electrons. The highest BCUT2D eigenvalue weighted by Crippen LogP contribution is 2.31. The Morgan fingerprint density at radius 2 is 2.05 bits per heavy atom. The van der Waals surface area contributed by atoms with Crippen LogP contribution in [0.2, 0.25) is 0 Å². The molecule has 0 fully saturated rings. The number of nitrogens with one attached hydrogen (secondary N) is 1. The summed E-state index contributed by atoms with van der Waals surface area (Å²) in [7, 11) is 0. The van der Waals surface area contributed by atoms with E-state index in [1.165, 1.54) is 17.0 Å². The van der Waals surface area contributed by atoms with Crippen LogP contribution in [0.4, 0.5) is 13.2 Å². The SMILES string of the molecule is Cc1cn(-c2cc(C(=O)NN)cc(C(F)(F)F)c2)cn1. The summed E-state index contributed by atoms with van der Waals surface area (Å²) in [5, 5.41) is 0. The van der Waals surface area contributed by atoms with E-state index in [0.717, 1.165) is 12.1 Å². The van der Waals surface area contributed by atoms with Crippen molar-refractivity contribution in [2.75, 3.05) is 0 Å². The van der Waals surface area contributed by atoms with Gasteiger partial charge >= 0.3 is 6.18 Å². The van der Waals surface area contributed by atoms with Gasteiger partial charge < -0.3 is 4.57 Å². The lowest BCUT2D eigenvalue weighted by atomic mass is 10.1. The van der Waals surface area contributed by atoms with Crippen molar-refractivity contribution < 1.29 is 18.0 Å². The number of benzene rings is 1. The number of imidazole rings is 1. The standard InChI is InChI=1S/C12H11F3N4O/c1-7-5-19(6-17-7)10-3-8(11(20)18-16)2-9(4-10)12(13,14)15/h2-6H,16H2,1H3,(H,18,20). The zero-order valence-corrected chi connectivity index (χ0v) is 10.4. The smallest absolute Gasteiger partial charge is 0.306 e. The molecule has 2 rings (SSSR count). The molecule has 0 aliphatic rings. The summed E-state index contributed by atoms with van der Waals surface area (Å²) >= 11 is 0. The van der Waals surface area contributed by atoms with Crippen LogP contribution in [0.5, 0.6) is 0 Å². The molecule has 1 aromatic heterocycles. The second-order valence-electron chi connectivity index (χ2n) is 4.16. The van der Waals surface area contributed by atoms with Crippen LogP contribution in [0.3, 0.4) is 0 Å². The molecule has 20 heavy (non-hydrogen) atoms. The van der Waals surface area contributed by atoms with Gasteiger partial charge in [0.1, 0.15) is 0 Å². The number of hydrogen-bond donors (Lipinski definition) is 2. The van der Waals surface area contributed by atoms with Crippen LogP contribution in [0.15, 0.2) is 30.7 Å². The average molecular weight is 284 g/mol. The Bertz CT molecular complexity index is 648. The van der Waals surface area contributed by atoms with E-state index < -0.39 is 17.6 Å². The predicted octanol–water partition coefficient (Wildman–Crippen LogP) is 1.80. The number of carbonyl (C=O) groups is 1. The molecule has 0 saturated heterocycles. The Hall–Kier alpha value is -2.35. The van der Waals surface area contributed by atoms with Gasteiger partial charge in [0.2, 0.25) is 0 Å². The number of amides is 1. The molecule has 0 unspecified atom stereocenters. The van der Waals surface area contributed by atoms with Gasteiger partial charge in [-0.05, 0) is 25.1 Å². The Morgan fingerprint density at radius 1 is 1.35 bits per heavy atom. The van der Waals surface area contributed by atoms with E-state index in [1.54, 1.807) is 13.1 Å². The number of hydrazine groups is 1. The molecule has 0 atom stereocenters. The number of hydrogen-bond acceptors (Lipinski definition) is 3. The first-order valence-electron chi connectivity index (χ1n) is 5.55. The van der Waals surface area contributed by atoms with Crippen molar-refractivity contribution in [3.63, 3.8) is 0 Å². The highest BCUT2D eigenvalue weighted by Gasteiger charge is 2.32. The van der Waals surface area contributed by atoms with Crippen LogP contribution in [-0.4, -0.2) is 15.5 Å². The first-order chi connectivity index (χ1) is 9.31. The first kappa shape index (κ1) is 14.1. The van der Waals surface area contributed by atoms with Crippen LogP contribution in [0.25, 0.3) is 5.69 Å². The van der Waals surface area contributed by atoms with E-state index in [2.05, 4.69) is 4.98 Å². The minimum atomic E-state index is -4.56. The van der Waals surface area contributed by atoms with Gasteiger partial charge in [0.05, 0.1) is 17.6 Å². The molecule has 8 heteroatoms. The normalized spacial score (nSPS) is 11.4. The van der Waals surface area contributed by atoms with Gasteiger partial charge in [-0.25, -0.2) is 10.8 Å². The van der Waals surface area contributed by atoms with E-state index >= 15 is 0 Å². The third kappa shape index (κ3) is 2.80. The summed E-state index contributed by atoms with van der Waals surface area (Å²) < 4.78 is 39.9. The largest absolute Gasteiger partial charge is 0.416 e. The Kier molecular flexibility index (Phi) is 3.49. The zero-order chi connectivity index (χ0) is 14.9. The van der Waals surface area contributed by atoms with Gasteiger partial charge in [0.15, 0.2) is 0 Å². The summed E-state index contributed by atoms with van der Waals surface area (Å²) in [6.07, 6.45) is -1.64. The second-order valence-corrected chi connectivity index (χ2v) is 4.16. The van der Waals surface area contributed by atoms with Crippen molar-refractivity contribution in [1.82, 2.24) is 15.0 Å². The van der Waals surface area contributed by atoms with Crippen molar-refractivity contribution in [3.8, 4) is 5.69 Å². The molecule has 0 saturated carbocycles. The molecule has 2 aromatic rings. The highest BCUT2D eigenvalue weighted by atomic mass is 19.4. The number of aryl methyl sites for hydroxylation is 1. The monoisotopic (exact) mass is 284 g/mol. The lowest BCUT2D eigenvalue weighted by Gasteiger charge is -2.12. The quantitative estimate of drug-likeness (QED) is 0.502. The minimum absolute atomic E-state index is 0.177. The van der Waals surface area contributed by atoms with Crippen molar-refractivity contribution in [2.45, 2.75) is 13.1 Å². The van der Waals surface area contributed by atoms with Gasteiger partial charge in [0, 0.05) is 17.4 Å². The number of nitrogen functional groups attached to an aromatic ring is 1. The number of aromatic nitrogens is 2. The number of alkyl halides is 3. The molecule has 1 amide bonds. The van der Waals surface area contributed by atoms with Gasteiger partial charge in [-0.15, -0.1) is 0 Å². The lowest BCUT2D eigenvalue weighted by molar-refractivity contribution is -0.137. The maximum Gasteiger partial charge on any atom is 0.416 e. The van der Waals surface area contributed by atoms with Crippen LogP contribution in [0.1, 0.15) is 21.6 Å². The summed E-state index contributed by atoms with van der Waals surface area (Å²) in [4.78, 5) is 15.4. The Labute approximate surface area is 112 Å². The summed E-state index contributed by atoms with van der Waals surface area (Å²) in [6.45, 7) is 1.71. The molecule has 0 aliphatic heterocycles. The molecule has 1 heterocycles. The Balaban J connectivity index is 2.59. The van der Waals surface area contributed by atoms with Crippen molar-refractivity contribution in [2.24, 2.45) is 5.84 Å². The summed E-state index contributed by atoms with van der Waals surface area (Å²) in [6, 6.07) is 2.99. The van der Waals surface area contributed by atoms with Crippen LogP contribution < -0.4 is 11.3 Å². The average Bonchev–Trinajstić information content (AvgIpc) is 2.83. The van der Waals surface area contributed by atoms with Gasteiger partial charge in [-0.1, -0.05) is 0 Å². The fourth-order valence-electron chi connectivity index (χ4n) is 1.70. The van der Waals surface area contributed by atoms with Gasteiger partial charge in [0.25, 0.3) is 5.91 Å². The minimum Gasteiger partial charge on any atom is -0.306 e. The molecule has 5 nitrogen and oxygen atoms in total. The highest BCUT2D eigenvalue weighted by molar-refractivity contribution is 5.94. The Morgan fingerprint density at radius 3 is 2.55 bits per heavy atom. The van der Waals surface area contributed by atoms with E-state index in [9.17, 15) is 18.0 Å². The number of nitrogens with zero attached hydrogens (tertiary/aromatic N) is 2. The van der Waals surface area contributed by atoms with Gasteiger partial charge in [-0.3, -0.25) is 10.2 Å². The maximum atomic E-state index is 12.8. The molecule has 0 bridgehead atoms. The van der Waals surface area contributed by atoms with Crippen LogP contribution in [-0.2, 0) is 6.18 Å². The molecule has 1 aromatic carbocycles. The van der Waals surface area contributed by atoms with Crippen molar-refractivity contribution >= 4 is 5.91 Å². The molecule has 0 radical (unpaired) electrons. The van der Waals surface area contributed by atoms with E-state index in [-0.39, 0.29) is 11.3 Å². The lowest BCUT2D eigenvalue weighted by Crippen LogP contribution is -2.30. The zero-order valence-electron chi connectivity index (χ0n) is 10.4. The summed E-state index contributed by atoms with van der Waals surface area (Å²) in [5.41, 5.74) is 1.53. The molecule has 0 aliphatic carbocycles. The summed E-state index contributed by atoms with van der Waals surface area (Å²) in [5.74, 6) is 4.16. The molecular formula is C12H11F3N4O. The second kappa shape index (κ2) is 4.97. The third-order valence-electron chi connectivity index (χ3n) is 2.65. The maximum absolute atomic E-state index is 12.8. The number of carbonyl (C=O) groups excluding carboxylic acids is 1.